The minimum Gasteiger partial charge on any atom is -0.454 e. The Bertz CT molecular complexity index is 1040. The first-order chi connectivity index (χ1) is 13.8. The molecule has 0 radical (unpaired) electrons. The summed E-state index contributed by atoms with van der Waals surface area (Å²) in [5.74, 6) is -2.43. The zero-order chi connectivity index (χ0) is 21.1. The van der Waals surface area contributed by atoms with E-state index < -0.39 is 29.5 Å². The zero-order valence-corrected chi connectivity index (χ0v) is 16.0. The molecule has 2 aromatic carbocycles. The number of imidazole rings is 1. The molecule has 0 atom stereocenters. The van der Waals surface area contributed by atoms with Crippen molar-refractivity contribution in [3.63, 3.8) is 0 Å². The van der Waals surface area contributed by atoms with E-state index in [-0.39, 0.29) is 39.4 Å². The first kappa shape index (κ1) is 20.8. The molecule has 0 bridgehead atoms. The number of anilines is 1. The first-order valence-electron chi connectivity index (χ1n) is 8.06. The van der Waals surface area contributed by atoms with Crippen LogP contribution in [0.4, 0.5) is 18.9 Å². The first-order valence-corrected chi connectivity index (χ1v) is 8.82. The Labute approximate surface area is 172 Å². The number of nitrogens with two attached hydrogens (primary N) is 1. The van der Waals surface area contributed by atoms with E-state index in [2.05, 4.69) is 15.3 Å². The summed E-state index contributed by atoms with van der Waals surface area (Å²) in [4.78, 5) is 18.3. The van der Waals surface area contributed by atoms with E-state index in [1.165, 1.54) is 24.5 Å². The normalized spacial score (nSPS) is 11.0. The van der Waals surface area contributed by atoms with Crippen LogP contribution in [-0.2, 0) is 6.54 Å². The summed E-state index contributed by atoms with van der Waals surface area (Å²) in [6.45, 7) is -0.314. The number of hydrogen-bond donors (Lipinski definition) is 3. The molecule has 4 N–H and O–H groups in total. The minimum atomic E-state index is -3.00. The van der Waals surface area contributed by atoms with Crippen LogP contribution in [0.25, 0.3) is 0 Å². The van der Waals surface area contributed by atoms with Gasteiger partial charge >= 0.3 is 0 Å². The molecule has 3 aromatic rings. The monoisotopic (exact) mass is 444 g/mol. The molecular weight excluding hydrogens is 432 g/mol. The number of H-pyrrole nitrogens is 1. The second-order valence-electron chi connectivity index (χ2n) is 5.83. The van der Waals surface area contributed by atoms with Crippen LogP contribution >= 0.6 is 23.2 Å². The SMILES string of the molecule is Nc1cc(Cl)cc(Oc2c(C(F)F)ccc(CNC(=O)c3nc[nH]c3Cl)c2F)c1. The van der Waals surface area contributed by atoms with Crippen LogP contribution in [0.15, 0.2) is 36.7 Å². The third kappa shape index (κ3) is 4.75. The van der Waals surface area contributed by atoms with Crippen molar-refractivity contribution in [2.75, 3.05) is 5.73 Å². The van der Waals surface area contributed by atoms with Gasteiger partial charge in [0.05, 0.1) is 11.9 Å². The summed E-state index contributed by atoms with van der Waals surface area (Å²) in [6, 6.07) is 6.18. The quantitative estimate of drug-likeness (QED) is 0.461. The lowest BCUT2D eigenvalue weighted by atomic mass is 10.1. The number of ether oxygens (including phenoxy) is 1. The van der Waals surface area contributed by atoms with Crippen LogP contribution in [0.3, 0.4) is 0 Å². The lowest BCUT2D eigenvalue weighted by molar-refractivity contribution is 0.0946. The van der Waals surface area contributed by atoms with E-state index in [9.17, 15) is 18.0 Å². The minimum absolute atomic E-state index is 0.0126. The molecule has 152 valence electrons. The Morgan fingerprint density at radius 2 is 2.03 bits per heavy atom. The van der Waals surface area contributed by atoms with Crippen molar-refractivity contribution in [1.82, 2.24) is 15.3 Å². The van der Waals surface area contributed by atoms with Gasteiger partial charge in [-0.1, -0.05) is 29.3 Å². The number of carbonyl (C=O) groups excluding carboxylic acids is 1. The highest BCUT2D eigenvalue weighted by Crippen LogP contribution is 2.37. The zero-order valence-electron chi connectivity index (χ0n) is 14.5. The number of halogens is 5. The van der Waals surface area contributed by atoms with E-state index in [1.807, 2.05) is 0 Å². The van der Waals surface area contributed by atoms with Gasteiger partial charge in [-0.05, 0) is 18.2 Å². The number of nitrogens with zero attached hydrogens (tertiary/aromatic N) is 1. The van der Waals surface area contributed by atoms with Crippen molar-refractivity contribution >= 4 is 34.8 Å². The van der Waals surface area contributed by atoms with Crippen molar-refractivity contribution in [2.24, 2.45) is 0 Å². The number of nitrogen functional groups attached to an aromatic ring is 1. The average molecular weight is 445 g/mol. The number of aromatic nitrogens is 2. The van der Waals surface area contributed by atoms with Gasteiger partial charge in [0.25, 0.3) is 12.3 Å². The van der Waals surface area contributed by atoms with Crippen LogP contribution in [-0.4, -0.2) is 15.9 Å². The fourth-order valence-corrected chi connectivity index (χ4v) is 2.90. The van der Waals surface area contributed by atoms with E-state index in [1.54, 1.807) is 0 Å². The third-order valence-corrected chi connectivity index (χ3v) is 4.31. The molecule has 6 nitrogen and oxygen atoms in total. The van der Waals surface area contributed by atoms with Gasteiger partial charge in [0, 0.05) is 28.9 Å². The Hall–Kier alpha value is -2.91. The Morgan fingerprint density at radius 3 is 2.66 bits per heavy atom. The standard InChI is InChI=1S/C18H13Cl2F3N4O2/c19-9-3-10(24)5-11(4-9)29-15-12(17(22)23)2-1-8(13(15)21)6-25-18(28)14-16(20)27-7-26-14/h1-5,7,17H,6,24H2,(H,25,28)(H,26,27). The highest BCUT2D eigenvalue weighted by atomic mass is 35.5. The van der Waals surface area contributed by atoms with Gasteiger partial charge in [0.2, 0.25) is 0 Å². The molecule has 1 aromatic heterocycles. The van der Waals surface area contributed by atoms with Crippen LogP contribution < -0.4 is 15.8 Å². The smallest absolute Gasteiger partial charge is 0.273 e. The van der Waals surface area contributed by atoms with Crippen molar-refractivity contribution in [2.45, 2.75) is 13.0 Å². The lowest BCUT2D eigenvalue weighted by Gasteiger charge is -2.15. The maximum atomic E-state index is 14.9. The summed E-state index contributed by atoms with van der Waals surface area (Å²) in [5.41, 5.74) is 5.03. The number of benzene rings is 2. The predicted octanol–water partition coefficient (Wildman–Crippen LogP) is 5.10. The maximum Gasteiger partial charge on any atom is 0.273 e. The van der Waals surface area contributed by atoms with Gasteiger partial charge in [0.15, 0.2) is 17.3 Å². The molecule has 0 aliphatic rings. The fourth-order valence-electron chi connectivity index (χ4n) is 2.48. The van der Waals surface area contributed by atoms with Crippen molar-refractivity contribution in [3.8, 4) is 11.5 Å². The topological polar surface area (TPSA) is 93.0 Å². The Morgan fingerprint density at radius 1 is 1.28 bits per heavy atom. The molecule has 0 aliphatic carbocycles. The molecule has 3 rings (SSSR count). The molecule has 0 saturated heterocycles. The highest BCUT2D eigenvalue weighted by molar-refractivity contribution is 6.32. The summed E-state index contributed by atoms with van der Waals surface area (Å²) in [6.07, 6.45) is -1.78. The Balaban J connectivity index is 1.88. The molecule has 1 amide bonds. The van der Waals surface area contributed by atoms with Gasteiger partial charge in [-0.2, -0.15) is 0 Å². The van der Waals surface area contributed by atoms with Gasteiger partial charge in [0.1, 0.15) is 10.9 Å². The molecule has 1 heterocycles. The predicted molar refractivity (Wildman–Crippen MR) is 102 cm³/mol. The number of alkyl halides is 2. The molecular formula is C18H13Cl2F3N4O2. The van der Waals surface area contributed by atoms with Crippen molar-refractivity contribution in [1.29, 1.82) is 0 Å². The van der Waals surface area contributed by atoms with Gasteiger partial charge in [-0.15, -0.1) is 0 Å². The third-order valence-electron chi connectivity index (χ3n) is 3.80. The molecule has 0 aliphatic heterocycles. The molecule has 29 heavy (non-hydrogen) atoms. The van der Waals surface area contributed by atoms with Crippen molar-refractivity contribution < 1.29 is 22.7 Å². The van der Waals surface area contributed by atoms with Crippen LogP contribution in [0, 0.1) is 5.82 Å². The van der Waals surface area contributed by atoms with E-state index in [0.29, 0.717) is 0 Å². The number of rotatable bonds is 6. The second-order valence-corrected chi connectivity index (χ2v) is 6.64. The fraction of sp³-hybridized carbons (Fsp3) is 0.111. The largest absolute Gasteiger partial charge is 0.454 e. The van der Waals surface area contributed by atoms with Crippen LogP contribution in [0.5, 0.6) is 11.5 Å². The average Bonchev–Trinajstić information content (AvgIpc) is 3.07. The lowest BCUT2D eigenvalue weighted by Crippen LogP contribution is -2.24. The number of carbonyl (C=O) groups is 1. The molecule has 0 spiro atoms. The van der Waals surface area contributed by atoms with E-state index >= 15 is 0 Å². The summed E-state index contributed by atoms with van der Waals surface area (Å²) in [7, 11) is 0. The van der Waals surface area contributed by atoms with Crippen LogP contribution in [0.1, 0.15) is 28.0 Å². The van der Waals surface area contributed by atoms with Gasteiger partial charge in [-0.3, -0.25) is 4.79 Å². The maximum absolute atomic E-state index is 14.9. The summed E-state index contributed by atoms with van der Waals surface area (Å²) < 4.78 is 47.0. The molecule has 11 heteroatoms. The van der Waals surface area contributed by atoms with Gasteiger partial charge in [-0.25, -0.2) is 18.2 Å². The Kier molecular flexibility index (Phi) is 6.19. The molecule has 0 unspecified atom stereocenters. The highest BCUT2D eigenvalue weighted by Gasteiger charge is 2.23. The summed E-state index contributed by atoms with van der Waals surface area (Å²) in [5, 5.41) is 2.62. The number of hydrogen-bond acceptors (Lipinski definition) is 4. The van der Waals surface area contributed by atoms with Crippen molar-refractivity contribution in [3.05, 3.63) is 69.5 Å². The van der Waals surface area contributed by atoms with Gasteiger partial charge < -0.3 is 20.8 Å². The summed E-state index contributed by atoms with van der Waals surface area (Å²) >= 11 is 11.6. The van der Waals surface area contributed by atoms with E-state index in [0.717, 1.165) is 12.1 Å². The second kappa shape index (κ2) is 8.62. The number of nitrogens with one attached hydrogen (secondary N) is 2. The number of amides is 1. The van der Waals surface area contributed by atoms with E-state index in [4.69, 9.17) is 33.7 Å². The molecule has 0 fully saturated rings. The van der Waals surface area contributed by atoms with Crippen LogP contribution in [0.2, 0.25) is 10.2 Å². The number of aromatic amines is 1. The molecule has 0 saturated carbocycles.